The fourth-order valence-electron chi connectivity index (χ4n) is 3.92. The number of fused-ring (bicyclic) bond motifs is 3. The van der Waals surface area contributed by atoms with E-state index < -0.39 is 0 Å². The Kier molecular flexibility index (Phi) is 2.75. The van der Waals surface area contributed by atoms with Gasteiger partial charge in [-0.15, -0.1) is 0 Å². The number of imidazole rings is 1. The molecule has 2 bridgehead atoms. The maximum Gasteiger partial charge on any atom is 0.179 e. The number of rotatable bonds is 2. The fourth-order valence-corrected chi connectivity index (χ4v) is 4.20. The molecule has 4 rings (SSSR count). The predicted molar refractivity (Wildman–Crippen MR) is 76.6 cm³/mol. The van der Waals surface area contributed by atoms with Crippen LogP contribution in [0, 0.1) is 17.8 Å². The van der Waals surface area contributed by atoms with Gasteiger partial charge in [-0.2, -0.15) is 0 Å². The Bertz CT molecular complexity index is 598. The van der Waals surface area contributed by atoms with E-state index in [0.29, 0.717) is 15.8 Å². The minimum absolute atomic E-state index is 0.326. The van der Waals surface area contributed by atoms with Gasteiger partial charge in [0.2, 0.25) is 0 Å². The number of halogens is 2. The van der Waals surface area contributed by atoms with E-state index in [9.17, 15) is 0 Å². The van der Waals surface area contributed by atoms with Crippen molar-refractivity contribution in [3.8, 4) is 0 Å². The molecule has 2 saturated carbocycles. The van der Waals surface area contributed by atoms with Gasteiger partial charge in [-0.05, 0) is 43.1 Å². The molecule has 19 heavy (non-hydrogen) atoms. The quantitative estimate of drug-likeness (QED) is 0.842. The van der Waals surface area contributed by atoms with Crippen LogP contribution in [-0.4, -0.2) is 15.0 Å². The second kappa shape index (κ2) is 4.35. The number of pyridine rings is 1. The van der Waals surface area contributed by atoms with E-state index >= 15 is 0 Å². The van der Waals surface area contributed by atoms with Gasteiger partial charge in [0, 0.05) is 6.42 Å². The molecule has 3 nitrogen and oxygen atoms in total. The molecule has 2 heterocycles. The molecule has 0 radical (unpaired) electrons. The van der Waals surface area contributed by atoms with Crippen LogP contribution in [0.1, 0.15) is 31.5 Å². The second-order valence-electron chi connectivity index (χ2n) is 5.95. The van der Waals surface area contributed by atoms with Crippen LogP contribution in [-0.2, 0) is 6.42 Å². The van der Waals surface area contributed by atoms with Crippen LogP contribution >= 0.6 is 23.2 Å². The van der Waals surface area contributed by atoms with Crippen LogP contribution in [0.5, 0.6) is 0 Å². The first-order valence-corrected chi connectivity index (χ1v) is 7.65. The summed E-state index contributed by atoms with van der Waals surface area (Å²) in [5.74, 6) is 3.71. The molecule has 2 aliphatic carbocycles. The molecule has 3 atom stereocenters. The Balaban J connectivity index is 1.61. The summed E-state index contributed by atoms with van der Waals surface area (Å²) in [4.78, 5) is 12.1. The highest BCUT2D eigenvalue weighted by atomic mass is 35.5. The average molecular weight is 296 g/mol. The minimum Gasteiger partial charge on any atom is -0.341 e. The summed E-state index contributed by atoms with van der Waals surface area (Å²) in [5, 5.41) is 0.802. The van der Waals surface area contributed by atoms with Gasteiger partial charge in [0.15, 0.2) is 5.65 Å². The van der Waals surface area contributed by atoms with Crippen molar-refractivity contribution in [3.63, 3.8) is 0 Å². The molecule has 0 amide bonds. The fraction of sp³-hybridized carbons (Fsp3) is 0.571. The van der Waals surface area contributed by atoms with Gasteiger partial charge in [-0.3, -0.25) is 0 Å². The zero-order valence-electron chi connectivity index (χ0n) is 10.5. The van der Waals surface area contributed by atoms with E-state index in [4.69, 9.17) is 23.2 Å². The molecule has 1 N–H and O–H groups in total. The first-order valence-electron chi connectivity index (χ1n) is 6.89. The van der Waals surface area contributed by atoms with E-state index in [0.717, 1.165) is 35.5 Å². The van der Waals surface area contributed by atoms with Crippen LogP contribution in [0.3, 0.4) is 0 Å². The third-order valence-corrected chi connectivity index (χ3v) is 5.45. The van der Waals surface area contributed by atoms with Crippen LogP contribution in [0.2, 0.25) is 10.2 Å². The molecule has 3 unspecified atom stereocenters. The molecule has 2 aromatic heterocycles. The lowest BCUT2D eigenvalue weighted by Crippen LogP contribution is -2.13. The van der Waals surface area contributed by atoms with Crippen molar-refractivity contribution in [1.29, 1.82) is 0 Å². The van der Waals surface area contributed by atoms with Crippen molar-refractivity contribution >= 4 is 34.4 Å². The monoisotopic (exact) mass is 295 g/mol. The van der Waals surface area contributed by atoms with Crippen LogP contribution < -0.4 is 0 Å². The zero-order chi connectivity index (χ0) is 13.0. The molecular formula is C14H15Cl2N3. The Morgan fingerprint density at radius 1 is 1.21 bits per heavy atom. The molecular weight excluding hydrogens is 281 g/mol. The maximum absolute atomic E-state index is 5.98. The van der Waals surface area contributed by atoms with Gasteiger partial charge >= 0.3 is 0 Å². The molecule has 5 heteroatoms. The number of H-pyrrole nitrogens is 1. The summed E-state index contributed by atoms with van der Waals surface area (Å²) in [6.07, 6.45) is 6.68. The van der Waals surface area contributed by atoms with Gasteiger partial charge in [0.25, 0.3) is 0 Å². The molecule has 2 fully saturated rings. The molecule has 0 aromatic carbocycles. The van der Waals surface area contributed by atoms with Gasteiger partial charge in [-0.25, -0.2) is 9.97 Å². The third kappa shape index (κ3) is 2.03. The summed E-state index contributed by atoms with van der Waals surface area (Å²) >= 11 is 11.9. The number of aromatic nitrogens is 3. The van der Waals surface area contributed by atoms with Gasteiger partial charge in [0.05, 0.1) is 10.5 Å². The van der Waals surface area contributed by atoms with Crippen molar-refractivity contribution in [2.45, 2.75) is 32.1 Å². The highest BCUT2D eigenvalue weighted by Gasteiger charge is 2.39. The highest BCUT2D eigenvalue weighted by Crippen LogP contribution is 2.49. The number of nitrogens with zero attached hydrogens (tertiary/aromatic N) is 2. The molecule has 0 spiro atoms. The van der Waals surface area contributed by atoms with Crippen molar-refractivity contribution in [3.05, 3.63) is 22.1 Å². The number of hydrogen-bond acceptors (Lipinski definition) is 2. The first kappa shape index (κ1) is 12.0. The van der Waals surface area contributed by atoms with E-state index in [1.54, 1.807) is 0 Å². The van der Waals surface area contributed by atoms with Gasteiger partial charge in [0.1, 0.15) is 11.0 Å². The van der Waals surface area contributed by atoms with E-state index in [2.05, 4.69) is 15.0 Å². The second-order valence-corrected chi connectivity index (χ2v) is 6.72. The number of nitrogens with one attached hydrogen (secondary N) is 1. The largest absolute Gasteiger partial charge is 0.341 e. The average Bonchev–Trinajstić information content (AvgIpc) is 3.05. The maximum atomic E-state index is 5.98. The van der Waals surface area contributed by atoms with E-state index in [-0.39, 0.29) is 0 Å². The summed E-state index contributed by atoms with van der Waals surface area (Å²) in [6.45, 7) is 0. The number of hydrogen-bond donors (Lipinski definition) is 1. The Morgan fingerprint density at radius 3 is 2.84 bits per heavy atom. The predicted octanol–water partition coefficient (Wildman–Crippen LogP) is 4.24. The molecule has 2 aliphatic rings. The topological polar surface area (TPSA) is 41.6 Å². The lowest BCUT2D eigenvalue weighted by molar-refractivity contribution is 0.327. The van der Waals surface area contributed by atoms with Crippen molar-refractivity contribution < 1.29 is 0 Å². The summed E-state index contributed by atoms with van der Waals surface area (Å²) in [5.41, 5.74) is 1.56. The van der Waals surface area contributed by atoms with Crippen LogP contribution in [0.4, 0.5) is 0 Å². The Labute approximate surface area is 121 Å². The Morgan fingerprint density at radius 2 is 2.11 bits per heavy atom. The van der Waals surface area contributed by atoms with Crippen LogP contribution in [0.15, 0.2) is 6.07 Å². The SMILES string of the molecule is Clc1cc2[nH]c(CC3CC4CCC3C4)nc2nc1Cl. The molecule has 2 aromatic rings. The molecule has 100 valence electrons. The summed E-state index contributed by atoms with van der Waals surface area (Å²) in [7, 11) is 0. The zero-order valence-corrected chi connectivity index (χ0v) is 12.0. The van der Waals surface area contributed by atoms with Gasteiger partial charge in [-0.1, -0.05) is 29.6 Å². The molecule has 0 saturated heterocycles. The first-order chi connectivity index (χ1) is 9.19. The van der Waals surface area contributed by atoms with Crippen molar-refractivity contribution in [2.24, 2.45) is 17.8 Å². The van der Waals surface area contributed by atoms with E-state index in [1.807, 2.05) is 6.07 Å². The van der Waals surface area contributed by atoms with Crippen molar-refractivity contribution in [2.75, 3.05) is 0 Å². The minimum atomic E-state index is 0.326. The third-order valence-electron chi connectivity index (χ3n) is 4.77. The highest BCUT2D eigenvalue weighted by molar-refractivity contribution is 6.41. The van der Waals surface area contributed by atoms with Crippen molar-refractivity contribution in [1.82, 2.24) is 15.0 Å². The lowest BCUT2D eigenvalue weighted by Gasteiger charge is -2.20. The van der Waals surface area contributed by atoms with E-state index in [1.165, 1.54) is 25.7 Å². The standard InChI is InChI=1S/C14H15Cl2N3/c15-10-6-11-14(19-13(10)16)18-12(17-11)5-9-4-7-1-2-8(9)3-7/h6-9H,1-5H2,(H,17,18,19). The summed E-state index contributed by atoms with van der Waals surface area (Å²) < 4.78 is 0. The van der Waals surface area contributed by atoms with Crippen LogP contribution in [0.25, 0.3) is 11.2 Å². The number of aromatic amines is 1. The summed E-state index contributed by atoms with van der Waals surface area (Å²) in [6, 6.07) is 1.81. The lowest BCUT2D eigenvalue weighted by atomic mass is 9.86. The van der Waals surface area contributed by atoms with Gasteiger partial charge < -0.3 is 4.98 Å². The normalized spacial score (nSPS) is 29.5. The smallest absolute Gasteiger partial charge is 0.179 e. The Hall–Kier alpha value is -0.800. The molecule has 0 aliphatic heterocycles.